The molecule has 0 spiro atoms. The standard InChI is InChI=1S/C17H17FN2O5/c18-11-3-1-9(2-4-11)13-5-10-7-20(17(23)19-16(10)25-13)15-6-12(22)14(8-21)24-15/h1-5,10,12,14-15,21-22H,6-8H2/t10?,12-,14+,15+/m0/s1. The van der Waals surface area contributed by atoms with Crippen LogP contribution in [-0.2, 0) is 9.47 Å². The van der Waals surface area contributed by atoms with Crippen LogP contribution in [-0.4, -0.2) is 58.6 Å². The summed E-state index contributed by atoms with van der Waals surface area (Å²) in [4.78, 5) is 17.7. The highest BCUT2D eigenvalue weighted by molar-refractivity contribution is 6.00. The number of carbonyl (C=O) groups is 1. The second-order valence-corrected chi connectivity index (χ2v) is 6.25. The quantitative estimate of drug-likeness (QED) is 0.854. The van der Waals surface area contributed by atoms with Crippen LogP contribution in [0.2, 0.25) is 0 Å². The van der Waals surface area contributed by atoms with E-state index < -0.39 is 24.5 Å². The summed E-state index contributed by atoms with van der Waals surface area (Å²) in [5, 5.41) is 19.0. The minimum Gasteiger partial charge on any atom is -0.442 e. The maximum Gasteiger partial charge on any atom is 0.348 e. The molecule has 8 heteroatoms. The highest BCUT2D eigenvalue weighted by Gasteiger charge is 2.43. The Balaban J connectivity index is 1.52. The Morgan fingerprint density at radius 1 is 1.32 bits per heavy atom. The van der Waals surface area contributed by atoms with Gasteiger partial charge >= 0.3 is 6.03 Å². The van der Waals surface area contributed by atoms with Crippen LogP contribution >= 0.6 is 0 Å². The molecule has 3 aliphatic rings. The summed E-state index contributed by atoms with van der Waals surface area (Å²) in [7, 11) is 0. The highest BCUT2D eigenvalue weighted by atomic mass is 19.1. The SMILES string of the molecule is O=C1N=C2OC(c3ccc(F)cc3)=CC2CN1[C@H]1C[C@H](O)[C@@H](CO)O1. The van der Waals surface area contributed by atoms with Crippen molar-refractivity contribution >= 4 is 17.7 Å². The van der Waals surface area contributed by atoms with E-state index >= 15 is 0 Å². The molecule has 1 aromatic rings. The van der Waals surface area contributed by atoms with Crippen molar-refractivity contribution in [3.05, 3.63) is 41.7 Å². The van der Waals surface area contributed by atoms with Gasteiger partial charge in [-0.3, -0.25) is 4.90 Å². The van der Waals surface area contributed by atoms with Crippen molar-refractivity contribution in [3.63, 3.8) is 0 Å². The van der Waals surface area contributed by atoms with Gasteiger partial charge in [0.15, 0.2) is 0 Å². The number of hydrogen-bond acceptors (Lipinski definition) is 5. The van der Waals surface area contributed by atoms with Crippen LogP contribution in [0.25, 0.3) is 5.76 Å². The molecule has 0 saturated carbocycles. The number of halogens is 1. The fourth-order valence-electron chi connectivity index (χ4n) is 3.24. The molecule has 25 heavy (non-hydrogen) atoms. The molecule has 1 aromatic carbocycles. The summed E-state index contributed by atoms with van der Waals surface area (Å²) in [5.41, 5.74) is 0.699. The van der Waals surface area contributed by atoms with Crippen molar-refractivity contribution in [1.29, 1.82) is 0 Å². The number of nitrogens with zero attached hydrogens (tertiary/aromatic N) is 2. The molecule has 2 amide bonds. The van der Waals surface area contributed by atoms with E-state index in [1.807, 2.05) is 6.08 Å². The summed E-state index contributed by atoms with van der Waals surface area (Å²) in [5.74, 6) is 0.261. The van der Waals surface area contributed by atoms with E-state index in [-0.39, 0.29) is 24.8 Å². The smallest absolute Gasteiger partial charge is 0.348 e. The first-order valence-corrected chi connectivity index (χ1v) is 8.04. The van der Waals surface area contributed by atoms with Gasteiger partial charge in [-0.25, -0.2) is 9.18 Å². The normalized spacial score (nSPS) is 31.5. The number of hydrogen-bond donors (Lipinski definition) is 2. The third-order valence-electron chi connectivity index (χ3n) is 4.59. The molecule has 4 rings (SSSR count). The summed E-state index contributed by atoms with van der Waals surface area (Å²) >= 11 is 0. The van der Waals surface area contributed by atoms with Gasteiger partial charge in [0.2, 0.25) is 5.90 Å². The van der Waals surface area contributed by atoms with Crippen molar-refractivity contribution in [2.75, 3.05) is 13.2 Å². The number of ether oxygens (including phenoxy) is 2. The van der Waals surface area contributed by atoms with Crippen LogP contribution in [0.3, 0.4) is 0 Å². The molecule has 0 bridgehead atoms. The summed E-state index contributed by atoms with van der Waals surface area (Å²) in [6.07, 6.45) is -0.0930. The summed E-state index contributed by atoms with van der Waals surface area (Å²) in [6, 6.07) is 5.37. The van der Waals surface area contributed by atoms with Crippen molar-refractivity contribution in [2.24, 2.45) is 10.9 Å². The molecule has 3 heterocycles. The maximum atomic E-state index is 13.0. The van der Waals surface area contributed by atoms with Gasteiger partial charge in [0.25, 0.3) is 0 Å². The van der Waals surface area contributed by atoms with Gasteiger partial charge in [0, 0.05) is 18.5 Å². The molecule has 0 aliphatic carbocycles. The van der Waals surface area contributed by atoms with E-state index in [2.05, 4.69) is 4.99 Å². The van der Waals surface area contributed by atoms with Crippen molar-refractivity contribution in [3.8, 4) is 0 Å². The van der Waals surface area contributed by atoms with Gasteiger partial charge in [-0.1, -0.05) is 0 Å². The Bertz CT molecular complexity index is 748. The second-order valence-electron chi connectivity index (χ2n) is 6.25. The number of aliphatic hydroxyl groups is 2. The van der Waals surface area contributed by atoms with Crippen LogP contribution < -0.4 is 0 Å². The lowest BCUT2D eigenvalue weighted by molar-refractivity contribution is -0.0647. The third kappa shape index (κ3) is 2.92. The lowest BCUT2D eigenvalue weighted by atomic mass is 10.1. The first kappa shape index (κ1) is 16.2. The number of carbonyl (C=O) groups excluding carboxylic acids is 1. The van der Waals surface area contributed by atoms with Crippen LogP contribution in [0.5, 0.6) is 0 Å². The van der Waals surface area contributed by atoms with Crippen LogP contribution in [0, 0.1) is 11.7 Å². The minimum absolute atomic E-state index is 0.226. The Kier molecular flexibility index (Phi) is 4.03. The predicted octanol–water partition coefficient (Wildman–Crippen LogP) is 1.12. The number of aliphatic imine (C=N–C) groups is 1. The fourth-order valence-corrected chi connectivity index (χ4v) is 3.24. The molecule has 132 valence electrons. The van der Waals surface area contributed by atoms with E-state index in [4.69, 9.17) is 9.47 Å². The monoisotopic (exact) mass is 348 g/mol. The van der Waals surface area contributed by atoms with E-state index in [9.17, 15) is 19.4 Å². The number of urea groups is 1. The Morgan fingerprint density at radius 2 is 2.08 bits per heavy atom. The molecular weight excluding hydrogens is 331 g/mol. The molecule has 3 aliphatic heterocycles. The average molecular weight is 348 g/mol. The average Bonchev–Trinajstić information content (AvgIpc) is 3.17. The molecule has 1 unspecified atom stereocenters. The Morgan fingerprint density at radius 3 is 2.76 bits per heavy atom. The van der Waals surface area contributed by atoms with Crippen LogP contribution in [0.4, 0.5) is 9.18 Å². The topological polar surface area (TPSA) is 91.6 Å². The maximum absolute atomic E-state index is 13.0. The first-order valence-electron chi connectivity index (χ1n) is 8.04. The van der Waals surface area contributed by atoms with Crippen molar-refractivity contribution in [2.45, 2.75) is 24.9 Å². The van der Waals surface area contributed by atoms with Crippen LogP contribution in [0.15, 0.2) is 35.3 Å². The van der Waals surface area contributed by atoms with Crippen molar-refractivity contribution < 1.29 is 28.9 Å². The summed E-state index contributed by atoms with van der Waals surface area (Å²) in [6.45, 7) is -0.00668. The largest absolute Gasteiger partial charge is 0.442 e. The van der Waals surface area contributed by atoms with E-state index in [0.29, 0.717) is 23.8 Å². The fraction of sp³-hybridized carbons (Fsp3) is 0.412. The number of rotatable bonds is 3. The molecule has 0 aromatic heterocycles. The van der Waals surface area contributed by atoms with Gasteiger partial charge in [-0.2, -0.15) is 4.99 Å². The number of benzene rings is 1. The lowest BCUT2D eigenvalue weighted by Crippen LogP contribution is -2.46. The van der Waals surface area contributed by atoms with Gasteiger partial charge < -0.3 is 19.7 Å². The zero-order chi connectivity index (χ0) is 17.6. The highest BCUT2D eigenvalue weighted by Crippen LogP contribution is 2.33. The minimum atomic E-state index is -0.821. The van der Waals surface area contributed by atoms with Crippen LogP contribution in [0.1, 0.15) is 12.0 Å². The number of amides is 2. The van der Waals surface area contributed by atoms with Gasteiger partial charge in [0.1, 0.15) is 23.9 Å². The van der Waals surface area contributed by atoms with Gasteiger partial charge in [0.05, 0.1) is 18.6 Å². The van der Waals surface area contributed by atoms with E-state index in [1.165, 1.54) is 17.0 Å². The van der Waals surface area contributed by atoms with Crippen molar-refractivity contribution in [1.82, 2.24) is 4.90 Å². The second kappa shape index (κ2) is 6.21. The zero-order valence-corrected chi connectivity index (χ0v) is 13.2. The van der Waals surface area contributed by atoms with E-state index in [0.717, 1.165) is 0 Å². The molecule has 2 N–H and O–H groups in total. The number of fused-ring (bicyclic) bond motifs is 1. The predicted molar refractivity (Wildman–Crippen MR) is 84.9 cm³/mol. The molecular formula is C17H17FN2O5. The Hall–Kier alpha value is -2.29. The lowest BCUT2D eigenvalue weighted by Gasteiger charge is -2.31. The van der Waals surface area contributed by atoms with Gasteiger partial charge in [-0.15, -0.1) is 0 Å². The molecule has 4 atom stereocenters. The Labute approximate surface area is 143 Å². The molecule has 0 radical (unpaired) electrons. The molecule has 1 saturated heterocycles. The first-order chi connectivity index (χ1) is 12.0. The van der Waals surface area contributed by atoms with E-state index in [1.54, 1.807) is 12.1 Å². The molecule has 7 nitrogen and oxygen atoms in total. The third-order valence-corrected chi connectivity index (χ3v) is 4.59. The van der Waals surface area contributed by atoms with Gasteiger partial charge in [-0.05, 0) is 30.3 Å². The molecule has 1 fully saturated rings. The number of aliphatic hydroxyl groups excluding tert-OH is 2. The summed E-state index contributed by atoms with van der Waals surface area (Å²) < 4.78 is 24.2. The zero-order valence-electron chi connectivity index (χ0n) is 13.2.